The van der Waals surface area contributed by atoms with Gasteiger partial charge in [-0.25, -0.2) is 4.98 Å². The molecular weight excluding hydrogens is 254 g/mol. The van der Waals surface area contributed by atoms with Gasteiger partial charge >= 0.3 is 5.97 Å². The highest BCUT2D eigenvalue weighted by Gasteiger charge is 2.12. The fourth-order valence-electron chi connectivity index (χ4n) is 1.35. The zero-order chi connectivity index (χ0) is 13.7. The average Bonchev–Trinajstić information content (AvgIpc) is 2.22. The number of thioether (sulfide) groups is 1. The van der Waals surface area contributed by atoms with E-state index >= 15 is 0 Å². The van der Waals surface area contributed by atoms with Crippen molar-refractivity contribution in [3.8, 4) is 0 Å². The largest absolute Gasteiger partial charge is 0.481 e. The number of carboxylic acid groups (broad SMARTS) is 1. The molecule has 1 aromatic rings. The lowest BCUT2D eigenvalue weighted by atomic mass is 10.2. The fourth-order valence-corrected chi connectivity index (χ4v) is 2.26. The molecule has 0 aliphatic rings. The molecule has 0 unspecified atom stereocenters. The Labute approximate surface area is 109 Å². The Balaban J connectivity index is 2.79. The number of anilines is 1. The number of nitrogen functional groups attached to an aromatic ring is 1. The van der Waals surface area contributed by atoms with Gasteiger partial charge in [-0.05, 0) is 11.7 Å². The van der Waals surface area contributed by atoms with Crippen molar-refractivity contribution >= 4 is 23.5 Å². The smallest absolute Gasteiger partial charge is 0.308 e. The number of H-pyrrole nitrogens is 1. The molecule has 100 valence electrons. The topological polar surface area (TPSA) is 109 Å². The summed E-state index contributed by atoms with van der Waals surface area (Å²) in [4.78, 5) is 28.8. The zero-order valence-electron chi connectivity index (χ0n) is 10.4. The molecule has 1 aromatic heterocycles. The van der Waals surface area contributed by atoms with Gasteiger partial charge in [-0.15, -0.1) is 0 Å². The predicted molar refractivity (Wildman–Crippen MR) is 71.6 cm³/mol. The van der Waals surface area contributed by atoms with Crippen molar-refractivity contribution in [2.24, 2.45) is 5.92 Å². The molecular formula is C11H17N3O3S. The molecule has 0 atom stereocenters. The van der Waals surface area contributed by atoms with E-state index in [0.717, 1.165) is 5.75 Å². The molecule has 18 heavy (non-hydrogen) atoms. The van der Waals surface area contributed by atoms with Crippen molar-refractivity contribution < 1.29 is 9.90 Å². The molecule has 0 spiro atoms. The van der Waals surface area contributed by atoms with E-state index in [4.69, 9.17) is 10.8 Å². The van der Waals surface area contributed by atoms with Gasteiger partial charge in [-0.1, -0.05) is 13.8 Å². The Morgan fingerprint density at radius 2 is 2.22 bits per heavy atom. The van der Waals surface area contributed by atoms with E-state index in [-0.39, 0.29) is 11.4 Å². The van der Waals surface area contributed by atoms with Crippen molar-refractivity contribution in [1.29, 1.82) is 0 Å². The number of rotatable bonds is 6. The zero-order valence-corrected chi connectivity index (χ0v) is 11.2. The molecule has 0 saturated carbocycles. The molecule has 0 aromatic carbocycles. The Morgan fingerprint density at radius 3 is 2.72 bits per heavy atom. The summed E-state index contributed by atoms with van der Waals surface area (Å²) in [5.74, 6) is 1.46. The van der Waals surface area contributed by atoms with Gasteiger partial charge in [0, 0.05) is 0 Å². The first-order valence-corrected chi connectivity index (χ1v) is 6.72. The Kier molecular flexibility index (Phi) is 5.21. The minimum Gasteiger partial charge on any atom is -0.481 e. The van der Waals surface area contributed by atoms with Crippen LogP contribution < -0.4 is 11.3 Å². The highest BCUT2D eigenvalue weighted by atomic mass is 32.2. The van der Waals surface area contributed by atoms with Crippen LogP contribution in [0.25, 0.3) is 0 Å². The second-order valence-corrected chi connectivity index (χ2v) is 5.39. The van der Waals surface area contributed by atoms with Gasteiger partial charge in [0.1, 0.15) is 11.6 Å². The van der Waals surface area contributed by atoms with Crippen LogP contribution in [-0.2, 0) is 17.0 Å². The number of carbonyl (C=O) groups is 1. The lowest BCUT2D eigenvalue weighted by Gasteiger charge is -2.06. The van der Waals surface area contributed by atoms with Crippen LogP contribution in [0.1, 0.15) is 25.2 Å². The molecule has 1 rings (SSSR count). The maximum Gasteiger partial charge on any atom is 0.308 e. The number of hydrogen-bond acceptors (Lipinski definition) is 5. The lowest BCUT2D eigenvalue weighted by Crippen LogP contribution is -2.22. The molecule has 0 bridgehead atoms. The average molecular weight is 271 g/mol. The van der Waals surface area contributed by atoms with Crippen LogP contribution in [0.5, 0.6) is 0 Å². The van der Waals surface area contributed by atoms with E-state index in [0.29, 0.717) is 17.5 Å². The Bertz CT molecular complexity index is 485. The predicted octanol–water partition coefficient (Wildman–Crippen LogP) is 0.868. The van der Waals surface area contributed by atoms with E-state index in [9.17, 15) is 9.59 Å². The summed E-state index contributed by atoms with van der Waals surface area (Å²) in [6.07, 6.45) is -0.409. The van der Waals surface area contributed by atoms with Crippen molar-refractivity contribution in [2.75, 3.05) is 11.5 Å². The summed E-state index contributed by atoms with van der Waals surface area (Å²) in [6, 6.07) is 0. The molecule has 0 aliphatic heterocycles. The monoisotopic (exact) mass is 271 g/mol. The molecule has 0 radical (unpaired) electrons. The summed E-state index contributed by atoms with van der Waals surface area (Å²) >= 11 is 1.65. The van der Waals surface area contributed by atoms with Gasteiger partial charge in [0.25, 0.3) is 5.56 Å². The minimum absolute atomic E-state index is 0.00120. The summed E-state index contributed by atoms with van der Waals surface area (Å²) in [6.45, 7) is 4.21. The Hall–Kier alpha value is -1.50. The van der Waals surface area contributed by atoms with Crippen LogP contribution in [0.15, 0.2) is 4.79 Å². The SMILES string of the molecule is CC(C)CSCc1nc(N)c(CC(=O)O)c(=O)[nH]1. The molecule has 0 aliphatic carbocycles. The number of aromatic nitrogens is 2. The number of nitrogens with one attached hydrogen (secondary N) is 1. The molecule has 1 heterocycles. The van der Waals surface area contributed by atoms with E-state index in [1.54, 1.807) is 11.8 Å². The molecule has 0 saturated heterocycles. The van der Waals surface area contributed by atoms with Gasteiger partial charge in [-0.3, -0.25) is 9.59 Å². The highest BCUT2D eigenvalue weighted by molar-refractivity contribution is 7.98. The first kappa shape index (κ1) is 14.6. The maximum absolute atomic E-state index is 11.6. The van der Waals surface area contributed by atoms with Crippen LogP contribution >= 0.6 is 11.8 Å². The highest BCUT2D eigenvalue weighted by Crippen LogP contribution is 2.13. The molecule has 7 heteroatoms. The van der Waals surface area contributed by atoms with Crippen LogP contribution in [0.4, 0.5) is 5.82 Å². The molecule has 0 fully saturated rings. The first-order chi connectivity index (χ1) is 8.40. The van der Waals surface area contributed by atoms with Gasteiger partial charge in [0.15, 0.2) is 0 Å². The minimum atomic E-state index is -1.10. The third-order valence-electron chi connectivity index (χ3n) is 2.11. The first-order valence-electron chi connectivity index (χ1n) is 5.57. The van der Waals surface area contributed by atoms with E-state index in [1.165, 1.54) is 0 Å². The Morgan fingerprint density at radius 1 is 1.56 bits per heavy atom. The normalized spacial score (nSPS) is 10.8. The van der Waals surface area contributed by atoms with Crippen molar-refractivity contribution in [3.63, 3.8) is 0 Å². The number of aliphatic carboxylic acids is 1. The van der Waals surface area contributed by atoms with Crippen LogP contribution in [-0.4, -0.2) is 26.8 Å². The van der Waals surface area contributed by atoms with E-state index in [2.05, 4.69) is 23.8 Å². The van der Waals surface area contributed by atoms with Gasteiger partial charge in [0.05, 0.1) is 17.7 Å². The summed E-state index contributed by atoms with van der Waals surface area (Å²) in [7, 11) is 0. The third-order valence-corrected chi connectivity index (χ3v) is 3.49. The standard InChI is InChI=1S/C11H17N3O3S/c1-6(2)4-18-5-8-13-10(12)7(3-9(15)16)11(17)14-8/h6H,3-5H2,1-2H3,(H,15,16)(H3,12,13,14,17). The number of carboxylic acids is 1. The van der Waals surface area contributed by atoms with Crippen LogP contribution in [0, 0.1) is 5.92 Å². The van der Waals surface area contributed by atoms with Gasteiger partial charge in [0.2, 0.25) is 0 Å². The number of nitrogens with zero attached hydrogens (tertiary/aromatic N) is 1. The molecule has 6 nitrogen and oxygen atoms in total. The van der Waals surface area contributed by atoms with E-state index in [1.807, 2.05) is 0 Å². The van der Waals surface area contributed by atoms with Crippen LogP contribution in [0.2, 0.25) is 0 Å². The second kappa shape index (κ2) is 6.44. The van der Waals surface area contributed by atoms with Gasteiger partial charge in [-0.2, -0.15) is 11.8 Å². The summed E-state index contributed by atoms with van der Waals surface area (Å²) in [5, 5.41) is 8.65. The van der Waals surface area contributed by atoms with Crippen molar-refractivity contribution in [2.45, 2.75) is 26.0 Å². The molecule has 4 N–H and O–H groups in total. The lowest BCUT2D eigenvalue weighted by molar-refractivity contribution is -0.136. The number of hydrogen-bond donors (Lipinski definition) is 3. The van der Waals surface area contributed by atoms with Crippen LogP contribution in [0.3, 0.4) is 0 Å². The third kappa shape index (κ3) is 4.40. The van der Waals surface area contributed by atoms with Gasteiger partial charge < -0.3 is 15.8 Å². The molecule has 0 amide bonds. The van der Waals surface area contributed by atoms with E-state index < -0.39 is 17.9 Å². The van der Waals surface area contributed by atoms with Crippen molar-refractivity contribution in [3.05, 3.63) is 21.7 Å². The fraction of sp³-hybridized carbons (Fsp3) is 0.545. The number of nitrogens with two attached hydrogens (primary N) is 1. The summed E-state index contributed by atoms with van der Waals surface area (Å²) in [5.41, 5.74) is 5.14. The quantitative estimate of drug-likeness (QED) is 0.708. The second-order valence-electron chi connectivity index (χ2n) is 4.36. The summed E-state index contributed by atoms with van der Waals surface area (Å²) < 4.78 is 0. The van der Waals surface area contributed by atoms with Crippen molar-refractivity contribution in [1.82, 2.24) is 9.97 Å². The maximum atomic E-state index is 11.6. The number of aromatic amines is 1.